The minimum atomic E-state index is -0.361. The third kappa shape index (κ3) is 1.35. The second kappa shape index (κ2) is 3.93. The maximum absolute atomic E-state index is 12.5. The van der Waals surface area contributed by atoms with Crippen LogP contribution in [-0.4, -0.2) is 31.1 Å². The number of ether oxygens (including phenoxy) is 2. The van der Waals surface area contributed by atoms with Crippen molar-refractivity contribution < 1.29 is 19.1 Å². The molecular weight excluding hydrogens is 258 g/mol. The smallest absolute Gasteiger partial charge is 0.240 e. The molecule has 3 aliphatic heterocycles. The van der Waals surface area contributed by atoms with Crippen molar-refractivity contribution in [2.24, 2.45) is 11.8 Å². The minimum Gasteiger partial charge on any atom is -0.497 e. The molecule has 0 aromatic heterocycles. The van der Waals surface area contributed by atoms with Crippen LogP contribution in [-0.2, 0) is 14.3 Å². The van der Waals surface area contributed by atoms with Crippen LogP contribution >= 0.6 is 0 Å². The highest BCUT2D eigenvalue weighted by atomic mass is 16.5. The average Bonchev–Trinajstić information content (AvgIpc) is 3.14. The Kier molecular flexibility index (Phi) is 2.29. The summed E-state index contributed by atoms with van der Waals surface area (Å²) in [5.41, 5.74) is 0.592. The lowest BCUT2D eigenvalue weighted by atomic mass is 9.85. The summed E-state index contributed by atoms with van der Waals surface area (Å²) in [5.74, 6) is -0.360. The third-order valence-corrected chi connectivity index (χ3v) is 4.24. The van der Waals surface area contributed by atoms with E-state index in [1.54, 1.807) is 31.4 Å². The second-order valence-electron chi connectivity index (χ2n) is 5.21. The van der Waals surface area contributed by atoms with Gasteiger partial charge < -0.3 is 9.47 Å². The fourth-order valence-electron chi connectivity index (χ4n) is 3.29. The summed E-state index contributed by atoms with van der Waals surface area (Å²) in [6, 6.07) is 6.94. The van der Waals surface area contributed by atoms with Crippen molar-refractivity contribution >= 4 is 17.5 Å². The lowest BCUT2D eigenvalue weighted by Crippen LogP contribution is -2.34. The highest BCUT2D eigenvalue weighted by molar-refractivity contribution is 6.23. The molecule has 5 heteroatoms. The molecule has 0 unspecified atom stereocenters. The van der Waals surface area contributed by atoms with Crippen molar-refractivity contribution in [1.29, 1.82) is 0 Å². The number of anilines is 1. The molecule has 1 aromatic carbocycles. The van der Waals surface area contributed by atoms with Crippen LogP contribution in [0.15, 0.2) is 36.4 Å². The SMILES string of the molecule is COc1ccc(N2C(=O)[C@@H]3[C@@H](C2=O)[C@H]2C=C[C@H]3O2)cc1. The topological polar surface area (TPSA) is 55.8 Å². The van der Waals surface area contributed by atoms with Gasteiger partial charge in [0.15, 0.2) is 0 Å². The Balaban J connectivity index is 1.70. The number of carbonyl (C=O) groups excluding carboxylic acids is 2. The average molecular weight is 271 g/mol. The Bertz CT molecular complexity index is 591. The van der Waals surface area contributed by atoms with Crippen molar-refractivity contribution in [1.82, 2.24) is 0 Å². The fraction of sp³-hybridized carbons (Fsp3) is 0.333. The molecule has 1 aromatic rings. The lowest BCUT2D eigenvalue weighted by molar-refractivity contribution is -0.124. The minimum absolute atomic E-state index is 0.165. The predicted molar refractivity (Wildman–Crippen MR) is 70.3 cm³/mol. The van der Waals surface area contributed by atoms with E-state index in [-0.39, 0.29) is 35.9 Å². The van der Waals surface area contributed by atoms with E-state index >= 15 is 0 Å². The third-order valence-electron chi connectivity index (χ3n) is 4.24. The van der Waals surface area contributed by atoms with Crippen LogP contribution in [0, 0.1) is 11.8 Å². The summed E-state index contributed by atoms with van der Waals surface area (Å²) in [4.78, 5) is 26.3. The number of hydrogen-bond acceptors (Lipinski definition) is 4. The first-order valence-corrected chi connectivity index (χ1v) is 6.56. The van der Waals surface area contributed by atoms with E-state index in [1.807, 2.05) is 12.2 Å². The number of imide groups is 1. The molecule has 3 heterocycles. The zero-order valence-corrected chi connectivity index (χ0v) is 10.9. The molecule has 20 heavy (non-hydrogen) atoms. The number of nitrogens with zero attached hydrogens (tertiary/aromatic N) is 1. The van der Waals surface area contributed by atoms with Gasteiger partial charge in [-0.25, -0.2) is 4.90 Å². The number of methoxy groups -OCH3 is 1. The molecular formula is C15H13NO4. The van der Waals surface area contributed by atoms with Crippen molar-refractivity contribution in [2.45, 2.75) is 12.2 Å². The molecule has 2 amide bonds. The van der Waals surface area contributed by atoms with Crippen molar-refractivity contribution in [3.63, 3.8) is 0 Å². The van der Waals surface area contributed by atoms with E-state index in [1.165, 1.54) is 4.90 Å². The van der Waals surface area contributed by atoms with Gasteiger partial charge in [0.05, 0.1) is 36.8 Å². The maximum atomic E-state index is 12.5. The van der Waals surface area contributed by atoms with Gasteiger partial charge in [0.1, 0.15) is 5.75 Å². The first kappa shape index (κ1) is 11.7. The number of amides is 2. The molecule has 4 atom stereocenters. The Morgan fingerprint density at radius 2 is 1.55 bits per heavy atom. The molecule has 3 aliphatic rings. The van der Waals surface area contributed by atoms with Crippen LogP contribution in [0.2, 0.25) is 0 Å². The van der Waals surface area contributed by atoms with E-state index in [2.05, 4.69) is 0 Å². The summed E-state index contributed by atoms with van der Waals surface area (Å²) in [6.07, 6.45) is 3.28. The highest BCUT2D eigenvalue weighted by Crippen LogP contribution is 2.46. The Hall–Kier alpha value is -2.14. The summed E-state index contributed by atoms with van der Waals surface area (Å²) in [6.45, 7) is 0. The first-order valence-electron chi connectivity index (χ1n) is 6.56. The lowest BCUT2D eigenvalue weighted by Gasteiger charge is -2.17. The van der Waals surface area contributed by atoms with Gasteiger partial charge in [0.25, 0.3) is 0 Å². The van der Waals surface area contributed by atoms with Crippen molar-refractivity contribution in [3.8, 4) is 5.75 Å². The summed E-state index contributed by atoms with van der Waals surface area (Å²) in [5, 5.41) is 0. The molecule has 2 saturated heterocycles. The summed E-state index contributed by atoms with van der Waals surface area (Å²) < 4.78 is 10.7. The van der Waals surface area contributed by atoms with E-state index in [4.69, 9.17) is 9.47 Å². The van der Waals surface area contributed by atoms with Gasteiger partial charge in [-0.05, 0) is 24.3 Å². The molecule has 5 nitrogen and oxygen atoms in total. The predicted octanol–water partition coefficient (Wildman–Crippen LogP) is 1.14. The fourth-order valence-corrected chi connectivity index (χ4v) is 3.29. The summed E-state index contributed by atoms with van der Waals surface area (Å²) in [7, 11) is 1.58. The van der Waals surface area contributed by atoms with Crippen molar-refractivity contribution in [3.05, 3.63) is 36.4 Å². The zero-order chi connectivity index (χ0) is 13.9. The van der Waals surface area contributed by atoms with Gasteiger partial charge in [-0.3, -0.25) is 9.59 Å². The summed E-state index contributed by atoms with van der Waals surface area (Å²) >= 11 is 0. The number of benzene rings is 1. The Morgan fingerprint density at radius 1 is 1.00 bits per heavy atom. The zero-order valence-electron chi connectivity index (χ0n) is 10.9. The van der Waals surface area contributed by atoms with E-state index in [0.29, 0.717) is 11.4 Å². The van der Waals surface area contributed by atoms with Crippen LogP contribution in [0.4, 0.5) is 5.69 Å². The molecule has 2 fully saturated rings. The maximum Gasteiger partial charge on any atom is 0.240 e. The number of hydrogen-bond donors (Lipinski definition) is 0. The Morgan fingerprint density at radius 3 is 2.05 bits per heavy atom. The van der Waals surface area contributed by atoms with E-state index in [9.17, 15) is 9.59 Å². The molecule has 4 rings (SSSR count). The highest BCUT2D eigenvalue weighted by Gasteiger charge is 2.60. The Labute approximate surface area is 115 Å². The van der Waals surface area contributed by atoms with E-state index in [0.717, 1.165) is 0 Å². The molecule has 0 N–H and O–H groups in total. The number of fused-ring (bicyclic) bond motifs is 5. The van der Waals surface area contributed by atoms with Crippen molar-refractivity contribution in [2.75, 3.05) is 12.0 Å². The van der Waals surface area contributed by atoms with Crippen LogP contribution in [0.3, 0.4) is 0 Å². The van der Waals surface area contributed by atoms with Crippen LogP contribution < -0.4 is 9.64 Å². The molecule has 2 bridgehead atoms. The van der Waals surface area contributed by atoms with Gasteiger partial charge >= 0.3 is 0 Å². The standard InChI is InChI=1S/C15H13NO4/c1-19-9-4-2-8(3-5-9)16-14(17)12-10-6-7-11(20-10)13(12)15(16)18/h2-7,10-13H,1H3/t10-,11-,12+,13+/m1/s1. The molecule has 0 aliphatic carbocycles. The number of carbonyl (C=O) groups is 2. The first-order chi connectivity index (χ1) is 9.70. The van der Waals surface area contributed by atoms with E-state index < -0.39 is 0 Å². The second-order valence-corrected chi connectivity index (χ2v) is 5.21. The molecule has 102 valence electrons. The van der Waals surface area contributed by atoms with Gasteiger partial charge in [0.2, 0.25) is 11.8 Å². The van der Waals surface area contributed by atoms with Gasteiger partial charge in [-0.15, -0.1) is 0 Å². The van der Waals surface area contributed by atoms with Gasteiger partial charge in [-0.2, -0.15) is 0 Å². The quantitative estimate of drug-likeness (QED) is 0.598. The van der Waals surface area contributed by atoms with Crippen LogP contribution in [0.1, 0.15) is 0 Å². The number of rotatable bonds is 2. The molecule has 0 saturated carbocycles. The molecule has 0 spiro atoms. The molecule has 0 radical (unpaired) electrons. The van der Waals surface area contributed by atoms with Crippen LogP contribution in [0.25, 0.3) is 0 Å². The monoisotopic (exact) mass is 271 g/mol. The van der Waals surface area contributed by atoms with Gasteiger partial charge in [0, 0.05) is 0 Å². The van der Waals surface area contributed by atoms with Crippen LogP contribution in [0.5, 0.6) is 5.75 Å². The normalized spacial score (nSPS) is 34.0. The van der Waals surface area contributed by atoms with Gasteiger partial charge in [-0.1, -0.05) is 12.2 Å². The largest absolute Gasteiger partial charge is 0.497 e.